The van der Waals surface area contributed by atoms with Crippen molar-refractivity contribution in [2.45, 2.75) is 32.8 Å². The van der Waals surface area contributed by atoms with Crippen molar-refractivity contribution in [2.75, 3.05) is 13.7 Å². The van der Waals surface area contributed by atoms with Gasteiger partial charge in [0.15, 0.2) is 5.82 Å². The van der Waals surface area contributed by atoms with Gasteiger partial charge in [0.1, 0.15) is 0 Å². The summed E-state index contributed by atoms with van der Waals surface area (Å²) in [5.41, 5.74) is 0. The molecule has 0 fully saturated rings. The quantitative estimate of drug-likeness (QED) is 0.759. The highest BCUT2D eigenvalue weighted by molar-refractivity contribution is 4.88. The molecule has 5 nitrogen and oxygen atoms in total. The largest absolute Gasteiger partial charge is 0.390 e. The van der Waals surface area contributed by atoms with E-state index in [-0.39, 0.29) is 6.61 Å². The highest BCUT2D eigenvalue weighted by Gasteiger charge is 2.12. The van der Waals surface area contributed by atoms with Crippen LogP contribution in [0, 0.1) is 5.92 Å². The molecule has 86 valence electrons. The van der Waals surface area contributed by atoms with Gasteiger partial charge in [-0.05, 0) is 5.92 Å². The Morgan fingerprint density at radius 2 is 2.13 bits per heavy atom. The first-order chi connectivity index (χ1) is 7.11. The Bertz CT molecular complexity index is 286. The number of methoxy groups -OCH3 is 1. The molecule has 0 amide bonds. The summed E-state index contributed by atoms with van der Waals surface area (Å²) >= 11 is 0. The van der Waals surface area contributed by atoms with Crippen LogP contribution in [0.1, 0.15) is 25.6 Å². The van der Waals surface area contributed by atoms with Crippen molar-refractivity contribution in [3.63, 3.8) is 0 Å². The van der Waals surface area contributed by atoms with Crippen LogP contribution in [0.25, 0.3) is 0 Å². The van der Waals surface area contributed by atoms with Crippen LogP contribution in [0.4, 0.5) is 0 Å². The number of rotatable bonds is 6. The van der Waals surface area contributed by atoms with Crippen molar-refractivity contribution in [3.05, 3.63) is 11.7 Å². The summed E-state index contributed by atoms with van der Waals surface area (Å²) in [6.45, 7) is 4.47. The number of ether oxygens (including phenoxy) is 1. The number of aromatic nitrogens is 2. The van der Waals surface area contributed by atoms with E-state index in [4.69, 9.17) is 9.26 Å². The number of aliphatic hydroxyl groups excluding tert-OH is 1. The molecule has 0 aliphatic rings. The first kappa shape index (κ1) is 12.1. The molecule has 0 aromatic carbocycles. The lowest BCUT2D eigenvalue weighted by atomic mass is 10.1. The second-order valence-corrected chi connectivity index (χ2v) is 4.02. The molecular formula is C10H18N2O3. The van der Waals surface area contributed by atoms with Crippen LogP contribution >= 0.6 is 0 Å². The van der Waals surface area contributed by atoms with Crippen molar-refractivity contribution in [3.8, 4) is 0 Å². The van der Waals surface area contributed by atoms with Crippen LogP contribution in [-0.2, 0) is 17.6 Å². The van der Waals surface area contributed by atoms with Gasteiger partial charge in [-0.1, -0.05) is 19.0 Å². The van der Waals surface area contributed by atoms with Crippen LogP contribution in [0.15, 0.2) is 4.52 Å². The van der Waals surface area contributed by atoms with Crippen LogP contribution in [-0.4, -0.2) is 35.1 Å². The van der Waals surface area contributed by atoms with Gasteiger partial charge in [-0.2, -0.15) is 4.98 Å². The van der Waals surface area contributed by atoms with E-state index in [1.54, 1.807) is 7.11 Å². The minimum Gasteiger partial charge on any atom is -0.390 e. The molecule has 1 aromatic rings. The molecule has 0 bridgehead atoms. The fraction of sp³-hybridized carbons (Fsp3) is 0.800. The fourth-order valence-corrected chi connectivity index (χ4v) is 1.27. The van der Waals surface area contributed by atoms with E-state index in [9.17, 15) is 5.11 Å². The third-order valence-electron chi connectivity index (χ3n) is 1.87. The maximum Gasteiger partial charge on any atom is 0.229 e. The fourth-order valence-electron chi connectivity index (χ4n) is 1.27. The number of hydrogen-bond donors (Lipinski definition) is 1. The summed E-state index contributed by atoms with van der Waals surface area (Å²) in [5, 5.41) is 13.3. The number of aliphatic hydroxyl groups is 1. The highest BCUT2D eigenvalue weighted by Crippen LogP contribution is 2.06. The molecule has 5 heteroatoms. The molecule has 0 aliphatic heterocycles. The van der Waals surface area contributed by atoms with Crippen molar-refractivity contribution in [1.82, 2.24) is 10.1 Å². The molecular weight excluding hydrogens is 196 g/mol. The minimum atomic E-state index is -0.581. The summed E-state index contributed by atoms with van der Waals surface area (Å²) in [6, 6.07) is 0. The molecule has 1 N–H and O–H groups in total. The van der Waals surface area contributed by atoms with Gasteiger partial charge in [0.25, 0.3) is 0 Å². The smallest absolute Gasteiger partial charge is 0.229 e. The number of hydrogen-bond acceptors (Lipinski definition) is 5. The molecule has 1 rings (SSSR count). The zero-order valence-corrected chi connectivity index (χ0v) is 9.43. The van der Waals surface area contributed by atoms with E-state index < -0.39 is 6.10 Å². The summed E-state index contributed by atoms with van der Waals surface area (Å²) < 4.78 is 9.81. The van der Waals surface area contributed by atoms with Gasteiger partial charge in [0, 0.05) is 13.5 Å². The average Bonchev–Trinajstić information content (AvgIpc) is 2.51. The molecule has 0 radical (unpaired) electrons. The zero-order chi connectivity index (χ0) is 11.3. The van der Waals surface area contributed by atoms with E-state index in [0.29, 0.717) is 24.1 Å². The van der Waals surface area contributed by atoms with Crippen LogP contribution in [0.5, 0.6) is 0 Å². The van der Waals surface area contributed by atoms with Crippen molar-refractivity contribution < 1.29 is 14.4 Å². The van der Waals surface area contributed by atoms with E-state index in [1.807, 2.05) is 0 Å². The molecule has 1 unspecified atom stereocenters. The van der Waals surface area contributed by atoms with Crippen molar-refractivity contribution >= 4 is 0 Å². The Kier molecular flexibility index (Phi) is 4.71. The van der Waals surface area contributed by atoms with Gasteiger partial charge in [-0.15, -0.1) is 0 Å². The summed E-state index contributed by atoms with van der Waals surface area (Å²) in [7, 11) is 1.54. The lowest BCUT2D eigenvalue weighted by Crippen LogP contribution is -2.17. The molecule has 1 heterocycles. The average molecular weight is 214 g/mol. The summed E-state index contributed by atoms with van der Waals surface area (Å²) in [6.07, 6.45) is 0.561. The van der Waals surface area contributed by atoms with Gasteiger partial charge in [-0.3, -0.25) is 0 Å². The van der Waals surface area contributed by atoms with E-state index >= 15 is 0 Å². The predicted octanol–water partition coefficient (Wildman–Crippen LogP) is 0.818. The Labute approximate surface area is 89.4 Å². The molecule has 1 atom stereocenters. The molecule has 1 aromatic heterocycles. The second kappa shape index (κ2) is 5.82. The second-order valence-electron chi connectivity index (χ2n) is 4.02. The Balaban J connectivity index is 2.45. The molecule has 0 saturated carbocycles. The SMILES string of the molecule is COCC(O)Cc1nc(CC(C)C)no1. The first-order valence-electron chi connectivity index (χ1n) is 5.10. The highest BCUT2D eigenvalue weighted by atomic mass is 16.5. The third kappa shape index (κ3) is 4.40. The van der Waals surface area contributed by atoms with Crippen LogP contribution in [0.2, 0.25) is 0 Å². The third-order valence-corrected chi connectivity index (χ3v) is 1.87. The van der Waals surface area contributed by atoms with E-state index in [0.717, 1.165) is 6.42 Å². The van der Waals surface area contributed by atoms with Gasteiger partial charge in [0.2, 0.25) is 5.89 Å². The van der Waals surface area contributed by atoms with E-state index in [2.05, 4.69) is 24.0 Å². The lowest BCUT2D eigenvalue weighted by Gasteiger charge is -2.04. The lowest BCUT2D eigenvalue weighted by molar-refractivity contribution is 0.0599. The van der Waals surface area contributed by atoms with Gasteiger partial charge >= 0.3 is 0 Å². The van der Waals surface area contributed by atoms with Crippen LogP contribution in [0.3, 0.4) is 0 Å². The normalized spacial score (nSPS) is 13.4. The van der Waals surface area contributed by atoms with Crippen LogP contribution < -0.4 is 0 Å². The predicted molar refractivity (Wildman–Crippen MR) is 54.4 cm³/mol. The molecule has 0 saturated heterocycles. The Hall–Kier alpha value is -0.940. The van der Waals surface area contributed by atoms with Crippen molar-refractivity contribution in [2.24, 2.45) is 5.92 Å². The summed E-state index contributed by atoms with van der Waals surface area (Å²) in [4.78, 5) is 4.18. The van der Waals surface area contributed by atoms with Gasteiger partial charge in [-0.25, -0.2) is 0 Å². The van der Waals surface area contributed by atoms with Crippen molar-refractivity contribution in [1.29, 1.82) is 0 Å². The maximum atomic E-state index is 9.44. The molecule has 0 aliphatic carbocycles. The zero-order valence-electron chi connectivity index (χ0n) is 9.43. The standard InChI is InChI=1S/C10H18N2O3/c1-7(2)4-9-11-10(15-12-9)5-8(13)6-14-3/h7-8,13H,4-6H2,1-3H3. The molecule has 0 spiro atoms. The van der Waals surface area contributed by atoms with E-state index in [1.165, 1.54) is 0 Å². The summed E-state index contributed by atoms with van der Waals surface area (Å²) in [5.74, 6) is 1.67. The first-order valence-corrected chi connectivity index (χ1v) is 5.10. The number of nitrogens with zero attached hydrogens (tertiary/aromatic N) is 2. The van der Waals surface area contributed by atoms with Gasteiger partial charge < -0.3 is 14.4 Å². The minimum absolute atomic E-state index is 0.280. The topological polar surface area (TPSA) is 68.4 Å². The molecule has 15 heavy (non-hydrogen) atoms. The monoisotopic (exact) mass is 214 g/mol. The maximum absolute atomic E-state index is 9.44. The Morgan fingerprint density at radius 1 is 1.40 bits per heavy atom. The Morgan fingerprint density at radius 3 is 2.73 bits per heavy atom. The van der Waals surface area contributed by atoms with Gasteiger partial charge in [0.05, 0.1) is 19.1 Å².